The first-order valence-corrected chi connectivity index (χ1v) is 14.0. The number of fused-ring (bicyclic) bond motifs is 6. The van der Waals surface area contributed by atoms with Gasteiger partial charge >= 0.3 is 0 Å². The lowest BCUT2D eigenvalue weighted by atomic mass is 9.72. The molecule has 2 saturated carbocycles. The molecule has 3 fully saturated rings. The summed E-state index contributed by atoms with van der Waals surface area (Å²) in [4.78, 5) is 0. The molecule has 0 aromatic carbocycles. The minimum Gasteiger partial charge on any atom is -0.0811 e. The molecule has 4 aliphatic carbocycles. The lowest BCUT2D eigenvalue weighted by molar-refractivity contribution is 0.269. The van der Waals surface area contributed by atoms with Gasteiger partial charge in [0.25, 0.3) is 0 Å². The monoisotopic (exact) mass is 340 g/mol. The number of rotatable bonds is 0. The maximum atomic E-state index is 2.82. The van der Waals surface area contributed by atoms with Gasteiger partial charge in [0.1, 0.15) is 0 Å². The summed E-state index contributed by atoms with van der Waals surface area (Å²) in [5.74, 6) is 3.93. The molecule has 1 aliphatic heterocycles. The molecule has 6 unspecified atom stereocenters. The van der Waals surface area contributed by atoms with Crippen LogP contribution < -0.4 is 0 Å². The fourth-order valence-corrected chi connectivity index (χ4v) is 14.1. The highest BCUT2D eigenvalue weighted by atomic mass is 28.3. The van der Waals surface area contributed by atoms with E-state index in [0.29, 0.717) is 5.41 Å². The van der Waals surface area contributed by atoms with Crippen molar-refractivity contribution in [3.63, 3.8) is 0 Å². The van der Waals surface area contributed by atoms with Crippen molar-refractivity contribution in [3.05, 3.63) is 23.3 Å². The van der Waals surface area contributed by atoms with E-state index >= 15 is 0 Å². The Kier molecular flexibility index (Phi) is 3.39. The molecule has 5 aliphatic rings. The predicted octanol–water partition coefficient (Wildman–Crippen LogP) is 6.97. The molecular weight excluding hydrogens is 304 g/mol. The van der Waals surface area contributed by atoms with E-state index in [4.69, 9.17) is 0 Å². The van der Waals surface area contributed by atoms with Gasteiger partial charge in [-0.2, -0.15) is 0 Å². The number of hydrogen-bond donors (Lipinski definition) is 0. The normalized spacial score (nSPS) is 47.8. The van der Waals surface area contributed by atoms with Gasteiger partial charge in [-0.15, -0.1) is 0 Å². The van der Waals surface area contributed by atoms with E-state index < -0.39 is 8.07 Å². The maximum Gasteiger partial charge on any atom is 0.0627 e. The van der Waals surface area contributed by atoms with Gasteiger partial charge in [-0.1, -0.05) is 75.9 Å². The van der Waals surface area contributed by atoms with E-state index in [1.54, 1.807) is 0 Å². The van der Waals surface area contributed by atoms with Gasteiger partial charge in [0.15, 0.2) is 0 Å². The van der Waals surface area contributed by atoms with Gasteiger partial charge in [0.05, 0.1) is 8.07 Å². The quantitative estimate of drug-likeness (QED) is 0.330. The van der Waals surface area contributed by atoms with Gasteiger partial charge in [0.2, 0.25) is 0 Å². The molecule has 0 radical (unpaired) electrons. The number of allylic oxidation sites excluding steroid dienone is 4. The van der Waals surface area contributed by atoms with E-state index in [2.05, 4.69) is 39.1 Å². The van der Waals surface area contributed by atoms with Crippen LogP contribution in [0.3, 0.4) is 0 Å². The van der Waals surface area contributed by atoms with E-state index in [-0.39, 0.29) is 0 Å². The smallest absolute Gasteiger partial charge is 0.0627 e. The Morgan fingerprint density at radius 1 is 0.750 bits per heavy atom. The van der Waals surface area contributed by atoms with Crippen molar-refractivity contribution in [1.29, 1.82) is 0 Å². The van der Waals surface area contributed by atoms with Crippen LogP contribution in [0.2, 0.25) is 24.2 Å². The third-order valence-electron chi connectivity index (χ3n) is 9.11. The second-order valence-electron chi connectivity index (χ2n) is 10.9. The van der Waals surface area contributed by atoms with Gasteiger partial charge in [-0.05, 0) is 60.4 Å². The highest BCUT2D eigenvalue weighted by Crippen LogP contribution is 2.71. The van der Waals surface area contributed by atoms with Crippen molar-refractivity contribution in [3.8, 4) is 0 Å². The zero-order chi connectivity index (χ0) is 16.7. The summed E-state index contributed by atoms with van der Waals surface area (Å²) in [5, 5.41) is 0. The highest BCUT2D eigenvalue weighted by Gasteiger charge is 2.62. The summed E-state index contributed by atoms with van der Waals surface area (Å²) in [6, 6.07) is 0. The Labute approximate surface area is 150 Å². The molecule has 0 amide bonds. The first-order valence-electron chi connectivity index (χ1n) is 10.9. The van der Waals surface area contributed by atoms with Crippen molar-refractivity contribution in [1.82, 2.24) is 0 Å². The summed E-state index contributed by atoms with van der Waals surface area (Å²) in [7, 11) is -1.29. The fourth-order valence-electron chi connectivity index (χ4n) is 8.21. The fraction of sp³-hybridized carbons (Fsp3) is 0.826. The third kappa shape index (κ3) is 1.91. The van der Waals surface area contributed by atoms with Crippen LogP contribution in [0.4, 0.5) is 0 Å². The molecule has 1 saturated heterocycles. The van der Waals surface area contributed by atoms with Crippen molar-refractivity contribution in [2.75, 3.05) is 0 Å². The van der Waals surface area contributed by atoms with E-state index in [0.717, 1.165) is 34.8 Å². The second kappa shape index (κ2) is 5.12. The Hall–Kier alpha value is -0.303. The summed E-state index contributed by atoms with van der Waals surface area (Å²) in [6.45, 7) is 10.8. The summed E-state index contributed by atoms with van der Waals surface area (Å²) in [6.07, 6.45) is 17.6. The largest absolute Gasteiger partial charge is 0.0811 e. The third-order valence-corrected chi connectivity index (χ3v) is 13.8. The highest BCUT2D eigenvalue weighted by molar-refractivity contribution is 6.82. The molecular formula is C23H36Si. The van der Waals surface area contributed by atoms with E-state index in [1.807, 2.05) is 11.1 Å². The molecule has 0 aromatic heterocycles. The molecule has 1 heteroatoms. The molecule has 0 bridgehead atoms. The zero-order valence-electron chi connectivity index (χ0n) is 16.3. The van der Waals surface area contributed by atoms with Crippen LogP contribution in [-0.4, -0.2) is 8.07 Å². The molecule has 24 heavy (non-hydrogen) atoms. The summed E-state index contributed by atoms with van der Waals surface area (Å²) >= 11 is 0. The SMILES string of the molecule is CC1(C)C2=CC3CCCCC3C2[Si](C)(C)C2C1=CC1CCCCC12. The molecule has 6 atom stereocenters. The van der Waals surface area contributed by atoms with Gasteiger partial charge in [-0.3, -0.25) is 0 Å². The Bertz CT molecular complexity index is 558. The summed E-state index contributed by atoms with van der Waals surface area (Å²) < 4.78 is 0. The first-order chi connectivity index (χ1) is 11.4. The van der Waals surface area contributed by atoms with Crippen molar-refractivity contribution in [2.24, 2.45) is 29.1 Å². The minimum atomic E-state index is -1.29. The molecule has 0 aromatic rings. The predicted molar refractivity (Wildman–Crippen MR) is 106 cm³/mol. The molecule has 0 spiro atoms. The van der Waals surface area contributed by atoms with Crippen molar-refractivity contribution < 1.29 is 0 Å². The van der Waals surface area contributed by atoms with Crippen LogP contribution in [0.1, 0.15) is 65.2 Å². The maximum absolute atomic E-state index is 2.82. The average Bonchev–Trinajstić information content (AvgIpc) is 3.14. The molecule has 132 valence electrons. The van der Waals surface area contributed by atoms with Crippen molar-refractivity contribution in [2.45, 2.75) is 89.4 Å². The first kappa shape index (κ1) is 15.9. The van der Waals surface area contributed by atoms with Gasteiger partial charge < -0.3 is 0 Å². The van der Waals surface area contributed by atoms with Crippen LogP contribution in [0.15, 0.2) is 23.3 Å². The Balaban J connectivity index is 1.63. The van der Waals surface area contributed by atoms with Crippen LogP contribution in [0, 0.1) is 29.1 Å². The van der Waals surface area contributed by atoms with Gasteiger partial charge in [-0.25, -0.2) is 0 Å². The van der Waals surface area contributed by atoms with Gasteiger partial charge in [0, 0.05) is 5.41 Å². The molecule has 1 heterocycles. The van der Waals surface area contributed by atoms with E-state index in [1.165, 1.54) is 51.4 Å². The Morgan fingerprint density at radius 2 is 1.17 bits per heavy atom. The van der Waals surface area contributed by atoms with Crippen LogP contribution >= 0.6 is 0 Å². The standard InChI is InChI=1S/C23H36Si/c1-23(2)19-13-15-9-5-7-11-17(15)21(19)24(3,4)22-18-12-8-6-10-16(18)14-20(22)23/h13-18,21-22H,5-12H2,1-4H3. The van der Waals surface area contributed by atoms with Crippen LogP contribution in [-0.2, 0) is 0 Å². The van der Waals surface area contributed by atoms with Crippen LogP contribution in [0.25, 0.3) is 0 Å². The lowest BCUT2D eigenvalue weighted by Gasteiger charge is -2.55. The Morgan fingerprint density at radius 3 is 1.62 bits per heavy atom. The molecule has 0 N–H and O–H groups in total. The zero-order valence-corrected chi connectivity index (χ0v) is 17.3. The lowest BCUT2D eigenvalue weighted by Crippen LogP contribution is -2.52. The molecule has 5 rings (SSSR count). The van der Waals surface area contributed by atoms with Crippen LogP contribution in [0.5, 0.6) is 0 Å². The minimum absolute atomic E-state index is 0.368. The molecule has 0 nitrogen and oxygen atoms in total. The average molecular weight is 341 g/mol. The summed E-state index contributed by atoms with van der Waals surface area (Å²) in [5.41, 5.74) is 6.20. The second-order valence-corrected chi connectivity index (χ2v) is 15.8. The van der Waals surface area contributed by atoms with E-state index in [9.17, 15) is 0 Å². The number of hydrogen-bond acceptors (Lipinski definition) is 0. The topological polar surface area (TPSA) is 0 Å². The van der Waals surface area contributed by atoms with Crippen molar-refractivity contribution >= 4 is 8.07 Å².